The van der Waals surface area contributed by atoms with Gasteiger partial charge in [-0.2, -0.15) is 4.31 Å². The molecule has 3 aromatic rings. The van der Waals surface area contributed by atoms with E-state index in [9.17, 15) is 12.8 Å². The molecular formula is C25H24FN3O4S. The third-order valence-electron chi connectivity index (χ3n) is 5.95. The molecule has 3 aromatic carbocycles. The fourth-order valence-electron chi connectivity index (χ4n) is 4.17. The molecule has 1 fully saturated rings. The molecule has 0 spiro atoms. The Morgan fingerprint density at radius 3 is 2.53 bits per heavy atom. The molecule has 5 rings (SSSR count). The minimum absolute atomic E-state index is 0.0916. The number of fused-ring (bicyclic) bond motifs is 2. The number of nitrogens with zero attached hydrogens (tertiary/aromatic N) is 3. The number of rotatable bonds is 3. The number of halogens is 1. The summed E-state index contributed by atoms with van der Waals surface area (Å²) in [5.41, 5.74) is 1.51. The quantitative estimate of drug-likeness (QED) is 0.554. The molecule has 2 heterocycles. The molecule has 2 aliphatic rings. The van der Waals surface area contributed by atoms with Crippen molar-refractivity contribution in [3.05, 3.63) is 78.1 Å². The van der Waals surface area contributed by atoms with E-state index >= 15 is 0 Å². The number of hydrogen-bond donors (Lipinski definition) is 0. The van der Waals surface area contributed by atoms with Gasteiger partial charge in [0.1, 0.15) is 28.8 Å². The largest absolute Gasteiger partial charge is 0.497 e. The monoisotopic (exact) mass is 481 g/mol. The van der Waals surface area contributed by atoms with E-state index < -0.39 is 15.8 Å². The van der Waals surface area contributed by atoms with Crippen LogP contribution in [-0.2, 0) is 10.0 Å². The average Bonchev–Trinajstić information content (AvgIpc) is 3.19. The molecule has 9 heteroatoms. The molecule has 0 aromatic heterocycles. The van der Waals surface area contributed by atoms with E-state index in [0.717, 1.165) is 11.4 Å². The van der Waals surface area contributed by atoms with Crippen LogP contribution in [0.4, 0.5) is 10.1 Å². The highest BCUT2D eigenvalue weighted by molar-refractivity contribution is 7.89. The van der Waals surface area contributed by atoms with Crippen molar-refractivity contribution < 1.29 is 22.3 Å². The van der Waals surface area contributed by atoms with Crippen molar-refractivity contribution in [2.75, 3.05) is 33.3 Å². The lowest BCUT2D eigenvalue weighted by Gasteiger charge is -2.25. The molecular weight excluding hydrogens is 457 g/mol. The Morgan fingerprint density at radius 1 is 0.941 bits per heavy atom. The Morgan fingerprint density at radius 2 is 1.74 bits per heavy atom. The minimum Gasteiger partial charge on any atom is -0.497 e. The SMILES string of the molecule is COc1ccc2c(c1)Oc1ccccc1N=C2N1CCCN(S(=O)(=O)c2ccc(F)cc2)CC1. The Bertz CT molecular complexity index is 1340. The molecule has 7 nitrogen and oxygen atoms in total. The van der Waals surface area contributed by atoms with Gasteiger partial charge >= 0.3 is 0 Å². The van der Waals surface area contributed by atoms with Crippen LogP contribution in [0.5, 0.6) is 17.2 Å². The number of para-hydroxylation sites is 2. The van der Waals surface area contributed by atoms with Gasteiger partial charge in [0.15, 0.2) is 5.75 Å². The van der Waals surface area contributed by atoms with Crippen molar-refractivity contribution in [1.82, 2.24) is 9.21 Å². The lowest BCUT2D eigenvalue weighted by atomic mass is 10.1. The standard InChI is InChI=1S/C25H24FN3O4S/c1-32-19-9-12-21-24(17-19)33-23-6-3-2-5-22(23)27-25(21)28-13-4-14-29(16-15-28)34(30,31)20-10-7-18(26)8-11-20/h2-3,5-12,17H,4,13-16H2,1H3. The highest BCUT2D eigenvalue weighted by atomic mass is 32.2. The molecule has 176 valence electrons. The zero-order chi connectivity index (χ0) is 23.7. The zero-order valence-electron chi connectivity index (χ0n) is 18.6. The second kappa shape index (κ2) is 9.08. The van der Waals surface area contributed by atoms with Crippen molar-refractivity contribution in [3.8, 4) is 17.2 Å². The Hall–Kier alpha value is -3.43. The van der Waals surface area contributed by atoms with E-state index in [1.165, 1.54) is 28.6 Å². The smallest absolute Gasteiger partial charge is 0.243 e. The van der Waals surface area contributed by atoms with Gasteiger partial charge in [-0.1, -0.05) is 12.1 Å². The topological polar surface area (TPSA) is 71.4 Å². The van der Waals surface area contributed by atoms with E-state index in [4.69, 9.17) is 14.5 Å². The third-order valence-corrected chi connectivity index (χ3v) is 7.86. The summed E-state index contributed by atoms with van der Waals surface area (Å²) in [6, 6.07) is 18.1. The normalized spacial score (nSPS) is 16.4. The molecule has 0 atom stereocenters. The fourth-order valence-corrected chi connectivity index (χ4v) is 5.64. The molecule has 0 amide bonds. The summed E-state index contributed by atoms with van der Waals surface area (Å²) in [6.45, 7) is 1.73. The first kappa shape index (κ1) is 22.4. The molecule has 1 saturated heterocycles. The van der Waals surface area contributed by atoms with Crippen LogP contribution >= 0.6 is 0 Å². The van der Waals surface area contributed by atoms with E-state index in [2.05, 4.69) is 4.90 Å². The van der Waals surface area contributed by atoms with Crippen LogP contribution in [0.15, 0.2) is 76.6 Å². The summed E-state index contributed by atoms with van der Waals surface area (Å²) in [5, 5.41) is 0. The van der Waals surface area contributed by atoms with E-state index in [-0.39, 0.29) is 11.4 Å². The van der Waals surface area contributed by atoms with Gasteiger partial charge in [0.2, 0.25) is 10.0 Å². The maximum atomic E-state index is 13.3. The maximum absolute atomic E-state index is 13.3. The van der Waals surface area contributed by atoms with Crippen LogP contribution < -0.4 is 9.47 Å². The zero-order valence-corrected chi connectivity index (χ0v) is 19.5. The first-order chi connectivity index (χ1) is 16.5. The van der Waals surface area contributed by atoms with Crippen LogP contribution in [0.2, 0.25) is 0 Å². The molecule has 0 saturated carbocycles. The van der Waals surface area contributed by atoms with Crippen LogP contribution in [-0.4, -0.2) is 56.7 Å². The molecule has 0 N–H and O–H groups in total. The average molecular weight is 482 g/mol. The molecule has 0 radical (unpaired) electrons. The molecule has 0 aliphatic carbocycles. The lowest BCUT2D eigenvalue weighted by Crippen LogP contribution is -2.37. The van der Waals surface area contributed by atoms with Crippen molar-refractivity contribution in [3.63, 3.8) is 0 Å². The van der Waals surface area contributed by atoms with Gasteiger partial charge in [-0.3, -0.25) is 0 Å². The lowest BCUT2D eigenvalue weighted by molar-refractivity contribution is 0.404. The number of methoxy groups -OCH3 is 1. The van der Waals surface area contributed by atoms with Crippen LogP contribution in [0.25, 0.3) is 0 Å². The van der Waals surface area contributed by atoms with E-state index in [1.807, 2.05) is 42.5 Å². The molecule has 0 bridgehead atoms. The predicted octanol–water partition coefficient (Wildman–Crippen LogP) is 4.41. The van der Waals surface area contributed by atoms with E-state index in [0.29, 0.717) is 49.0 Å². The summed E-state index contributed by atoms with van der Waals surface area (Å²) in [5.74, 6) is 2.20. The number of hydrogen-bond acceptors (Lipinski definition) is 6. The highest BCUT2D eigenvalue weighted by Crippen LogP contribution is 2.39. The number of ether oxygens (including phenoxy) is 2. The molecule has 2 aliphatic heterocycles. The number of amidine groups is 1. The number of aliphatic imine (C=N–C) groups is 1. The first-order valence-corrected chi connectivity index (χ1v) is 12.4. The minimum atomic E-state index is -3.72. The van der Waals surface area contributed by atoms with Crippen molar-refractivity contribution in [2.24, 2.45) is 4.99 Å². The summed E-state index contributed by atoms with van der Waals surface area (Å²) in [4.78, 5) is 7.11. The van der Waals surface area contributed by atoms with Gasteiger partial charge in [0.25, 0.3) is 0 Å². The second-order valence-corrected chi connectivity index (χ2v) is 10.0. The van der Waals surface area contributed by atoms with E-state index in [1.54, 1.807) is 7.11 Å². The van der Waals surface area contributed by atoms with Gasteiger partial charge in [-0.05, 0) is 55.0 Å². The Kier molecular flexibility index (Phi) is 5.97. The maximum Gasteiger partial charge on any atom is 0.243 e. The predicted molar refractivity (Wildman–Crippen MR) is 127 cm³/mol. The highest BCUT2D eigenvalue weighted by Gasteiger charge is 2.30. The number of sulfonamides is 1. The summed E-state index contributed by atoms with van der Waals surface area (Å²) >= 11 is 0. The summed E-state index contributed by atoms with van der Waals surface area (Å²) in [6.07, 6.45) is 0.618. The van der Waals surface area contributed by atoms with Gasteiger partial charge in [-0.25, -0.2) is 17.8 Å². The molecule has 0 unspecified atom stereocenters. The van der Waals surface area contributed by atoms with Crippen molar-refractivity contribution in [2.45, 2.75) is 11.3 Å². The van der Waals surface area contributed by atoms with Crippen LogP contribution in [0, 0.1) is 5.82 Å². The summed E-state index contributed by atoms with van der Waals surface area (Å²) < 4.78 is 52.6. The van der Waals surface area contributed by atoms with Crippen molar-refractivity contribution in [1.29, 1.82) is 0 Å². The Balaban J connectivity index is 1.47. The summed E-state index contributed by atoms with van der Waals surface area (Å²) in [7, 11) is -2.12. The molecule has 34 heavy (non-hydrogen) atoms. The van der Waals surface area contributed by atoms with Crippen LogP contribution in [0.3, 0.4) is 0 Å². The van der Waals surface area contributed by atoms with Gasteiger partial charge in [0, 0.05) is 32.2 Å². The van der Waals surface area contributed by atoms with Crippen LogP contribution in [0.1, 0.15) is 12.0 Å². The van der Waals surface area contributed by atoms with Crippen molar-refractivity contribution >= 4 is 21.5 Å². The Labute approximate surface area is 198 Å². The van der Waals surface area contributed by atoms with Gasteiger partial charge in [0.05, 0.1) is 17.6 Å². The van der Waals surface area contributed by atoms with Gasteiger partial charge in [-0.15, -0.1) is 0 Å². The second-order valence-electron chi connectivity index (χ2n) is 8.07. The first-order valence-electron chi connectivity index (χ1n) is 11.0. The fraction of sp³-hybridized carbons (Fsp3) is 0.240. The number of benzene rings is 3. The van der Waals surface area contributed by atoms with Gasteiger partial charge < -0.3 is 14.4 Å². The third kappa shape index (κ3) is 4.24.